The van der Waals surface area contributed by atoms with Gasteiger partial charge in [0.1, 0.15) is 23.3 Å². The van der Waals surface area contributed by atoms with Gasteiger partial charge in [-0.25, -0.2) is 9.18 Å². The first-order chi connectivity index (χ1) is 10.1. The number of nitro benzene ring substituents is 1. The Hall–Kier alpha value is -2.38. The number of ether oxygens (including phenoxy) is 2. The van der Waals surface area contributed by atoms with E-state index in [1.54, 1.807) is 27.7 Å². The maximum atomic E-state index is 13.3. The number of alkyl carbamates (subject to hydrolysis) is 1. The topological polar surface area (TPSA) is 90.7 Å². The number of nitrogens with one attached hydrogen (secondary N) is 1. The van der Waals surface area contributed by atoms with Gasteiger partial charge in [-0.15, -0.1) is 0 Å². The van der Waals surface area contributed by atoms with E-state index in [0.717, 1.165) is 18.2 Å². The molecule has 7 nitrogen and oxygen atoms in total. The SMILES string of the molecule is C[C@@H](CNC(=O)OC(C)(C)C)Oc1cc(F)cc([N+](=O)[O-])c1. The smallest absolute Gasteiger partial charge is 0.407 e. The standard InChI is InChI=1S/C14H19FN2O5/c1-9(8-16-13(18)22-14(2,3)4)21-12-6-10(15)5-11(7-12)17(19)20/h5-7,9H,8H2,1-4H3,(H,16,18)/t9-/m0/s1. The minimum absolute atomic E-state index is 0.0187. The molecule has 0 aromatic heterocycles. The van der Waals surface area contributed by atoms with Gasteiger partial charge in [0.05, 0.1) is 23.6 Å². The summed E-state index contributed by atoms with van der Waals surface area (Å²) in [5.41, 5.74) is -1.01. The second-order valence-corrected chi connectivity index (χ2v) is 5.71. The van der Waals surface area contributed by atoms with Gasteiger partial charge in [0, 0.05) is 6.07 Å². The Morgan fingerprint density at radius 2 is 2.05 bits per heavy atom. The molecule has 8 heteroatoms. The van der Waals surface area contributed by atoms with Crippen LogP contribution in [-0.2, 0) is 4.74 Å². The summed E-state index contributed by atoms with van der Waals surface area (Å²) >= 11 is 0. The quantitative estimate of drug-likeness (QED) is 0.666. The fourth-order valence-electron chi connectivity index (χ4n) is 1.54. The number of halogens is 1. The van der Waals surface area contributed by atoms with E-state index in [2.05, 4.69) is 5.32 Å². The van der Waals surface area contributed by atoms with E-state index in [-0.39, 0.29) is 12.3 Å². The number of non-ortho nitro benzene ring substituents is 1. The minimum atomic E-state index is -0.767. The third kappa shape index (κ3) is 6.38. The maximum Gasteiger partial charge on any atom is 0.407 e. The summed E-state index contributed by atoms with van der Waals surface area (Å²) < 4.78 is 23.7. The summed E-state index contributed by atoms with van der Waals surface area (Å²) in [5, 5.41) is 13.1. The van der Waals surface area contributed by atoms with Crippen molar-refractivity contribution in [1.29, 1.82) is 0 Å². The van der Waals surface area contributed by atoms with Crippen LogP contribution in [0, 0.1) is 15.9 Å². The lowest BCUT2D eigenvalue weighted by Crippen LogP contribution is -2.37. The number of carbonyl (C=O) groups is 1. The lowest BCUT2D eigenvalue weighted by molar-refractivity contribution is -0.385. The lowest BCUT2D eigenvalue weighted by Gasteiger charge is -2.21. The third-order valence-electron chi connectivity index (χ3n) is 2.34. The normalized spacial score (nSPS) is 12.4. The van der Waals surface area contributed by atoms with Crippen molar-refractivity contribution < 1.29 is 23.6 Å². The Balaban J connectivity index is 2.57. The number of rotatable bonds is 5. The van der Waals surface area contributed by atoms with E-state index in [0.29, 0.717) is 0 Å². The monoisotopic (exact) mass is 314 g/mol. The molecule has 0 radical (unpaired) electrons. The minimum Gasteiger partial charge on any atom is -0.489 e. The largest absolute Gasteiger partial charge is 0.489 e. The second-order valence-electron chi connectivity index (χ2n) is 5.71. The molecule has 1 aromatic carbocycles. The van der Waals surface area contributed by atoms with Crippen molar-refractivity contribution >= 4 is 11.8 Å². The molecule has 1 amide bonds. The third-order valence-corrected chi connectivity index (χ3v) is 2.34. The van der Waals surface area contributed by atoms with Gasteiger partial charge in [0.25, 0.3) is 5.69 Å². The zero-order valence-electron chi connectivity index (χ0n) is 12.9. The molecule has 0 saturated carbocycles. The number of hydrogen-bond acceptors (Lipinski definition) is 5. The highest BCUT2D eigenvalue weighted by molar-refractivity contribution is 5.67. The fourth-order valence-corrected chi connectivity index (χ4v) is 1.54. The first-order valence-corrected chi connectivity index (χ1v) is 6.65. The van der Waals surface area contributed by atoms with E-state index in [4.69, 9.17) is 9.47 Å². The summed E-state index contributed by atoms with van der Waals surface area (Å²) in [7, 11) is 0. The molecule has 1 rings (SSSR count). The Morgan fingerprint density at radius 1 is 1.41 bits per heavy atom. The molecule has 0 spiro atoms. The van der Waals surface area contributed by atoms with Crippen LogP contribution in [0.5, 0.6) is 5.75 Å². The van der Waals surface area contributed by atoms with Gasteiger partial charge in [-0.3, -0.25) is 10.1 Å². The first kappa shape index (κ1) is 17.7. The first-order valence-electron chi connectivity index (χ1n) is 6.65. The molecule has 0 aliphatic rings. The van der Waals surface area contributed by atoms with Crippen molar-refractivity contribution in [3.8, 4) is 5.75 Å². The number of nitrogens with zero attached hydrogens (tertiary/aromatic N) is 1. The van der Waals surface area contributed by atoms with Crippen LogP contribution in [0.2, 0.25) is 0 Å². The number of benzene rings is 1. The van der Waals surface area contributed by atoms with Crippen molar-refractivity contribution in [2.75, 3.05) is 6.54 Å². The predicted molar refractivity (Wildman–Crippen MR) is 77.4 cm³/mol. The predicted octanol–water partition coefficient (Wildman–Crippen LogP) is 3.03. The number of amides is 1. The number of nitro groups is 1. The Kier molecular flexibility index (Phi) is 5.67. The lowest BCUT2D eigenvalue weighted by atomic mass is 10.2. The van der Waals surface area contributed by atoms with E-state index in [1.807, 2.05) is 0 Å². The summed E-state index contributed by atoms with van der Waals surface area (Å²) in [4.78, 5) is 21.4. The molecule has 122 valence electrons. The Labute approximate surface area is 127 Å². The maximum absolute atomic E-state index is 13.3. The molecule has 1 aromatic rings. The molecule has 0 fully saturated rings. The summed E-state index contributed by atoms with van der Waals surface area (Å²) in [5.74, 6) is -0.748. The average molecular weight is 314 g/mol. The molecular weight excluding hydrogens is 295 g/mol. The van der Waals surface area contributed by atoms with Crippen molar-refractivity contribution in [1.82, 2.24) is 5.32 Å². The Bertz CT molecular complexity index is 557. The molecule has 0 unspecified atom stereocenters. The van der Waals surface area contributed by atoms with Crippen LogP contribution in [0.1, 0.15) is 27.7 Å². The van der Waals surface area contributed by atoms with Gasteiger partial charge in [-0.2, -0.15) is 0 Å². The summed E-state index contributed by atoms with van der Waals surface area (Å²) in [6.45, 7) is 6.95. The molecule has 1 atom stereocenters. The van der Waals surface area contributed by atoms with Crippen molar-refractivity contribution in [3.63, 3.8) is 0 Å². The van der Waals surface area contributed by atoms with Crippen molar-refractivity contribution in [2.24, 2.45) is 0 Å². The van der Waals surface area contributed by atoms with Crippen LogP contribution in [-0.4, -0.2) is 29.3 Å². The highest BCUT2D eigenvalue weighted by Crippen LogP contribution is 2.22. The van der Waals surface area contributed by atoms with E-state index in [1.165, 1.54) is 0 Å². The molecule has 0 aliphatic carbocycles. The summed E-state index contributed by atoms with van der Waals surface area (Å²) in [6.07, 6.45) is -1.12. The number of carbonyl (C=O) groups excluding carboxylic acids is 1. The van der Waals surface area contributed by atoms with Crippen molar-refractivity contribution in [3.05, 3.63) is 34.1 Å². The zero-order chi connectivity index (χ0) is 16.9. The van der Waals surface area contributed by atoms with Crippen molar-refractivity contribution in [2.45, 2.75) is 39.4 Å². The average Bonchev–Trinajstić information content (AvgIpc) is 2.33. The van der Waals surface area contributed by atoms with Gasteiger partial charge < -0.3 is 14.8 Å². The second kappa shape index (κ2) is 7.06. The number of hydrogen-bond donors (Lipinski definition) is 1. The van der Waals surface area contributed by atoms with Crippen LogP contribution in [0.4, 0.5) is 14.9 Å². The van der Waals surface area contributed by atoms with Crippen LogP contribution in [0.15, 0.2) is 18.2 Å². The molecular formula is C14H19FN2O5. The van der Waals surface area contributed by atoms with Crippen LogP contribution in [0.3, 0.4) is 0 Å². The highest BCUT2D eigenvalue weighted by Gasteiger charge is 2.17. The molecule has 1 N–H and O–H groups in total. The molecule has 0 bridgehead atoms. The van der Waals surface area contributed by atoms with Gasteiger partial charge in [-0.1, -0.05) is 0 Å². The Morgan fingerprint density at radius 3 is 2.59 bits per heavy atom. The zero-order valence-corrected chi connectivity index (χ0v) is 12.9. The van der Waals surface area contributed by atoms with E-state index in [9.17, 15) is 19.3 Å². The fraction of sp³-hybridized carbons (Fsp3) is 0.500. The van der Waals surface area contributed by atoms with Crippen LogP contribution >= 0.6 is 0 Å². The van der Waals surface area contributed by atoms with Gasteiger partial charge in [0.15, 0.2) is 0 Å². The summed E-state index contributed by atoms with van der Waals surface area (Å²) in [6, 6.07) is 2.96. The van der Waals surface area contributed by atoms with Gasteiger partial charge in [-0.05, 0) is 27.7 Å². The van der Waals surface area contributed by atoms with Crippen LogP contribution in [0.25, 0.3) is 0 Å². The molecule has 0 heterocycles. The highest BCUT2D eigenvalue weighted by atomic mass is 19.1. The molecule has 0 aliphatic heterocycles. The van der Waals surface area contributed by atoms with E-state index < -0.39 is 34.2 Å². The molecule has 22 heavy (non-hydrogen) atoms. The van der Waals surface area contributed by atoms with E-state index >= 15 is 0 Å². The van der Waals surface area contributed by atoms with Crippen LogP contribution < -0.4 is 10.1 Å². The van der Waals surface area contributed by atoms with Gasteiger partial charge in [0.2, 0.25) is 0 Å². The molecule has 0 saturated heterocycles. The van der Waals surface area contributed by atoms with Gasteiger partial charge >= 0.3 is 6.09 Å².